The second-order valence-electron chi connectivity index (χ2n) is 9.41. The number of nitrogens with zero attached hydrogens (tertiary/aromatic N) is 3. The average molecular weight is 460 g/mol. The summed E-state index contributed by atoms with van der Waals surface area (Å²) in [5.41, 5.74) is 0.635. The molecule has 3 saturated heterocycles. The highest BCUT2D eigenvalue weighted by Gasteiger charge is 2.34. The molecule has 6 nitrogen and oxygen atoms in total. The average Bonchev–Trinajstić information content (AvgIpc) is 3.13. The van der Waals surface area contributed by atoms with E-state index in [2.05, 4.69) is 4.90 Å². The minimum Gasteiger partial charge on any atom is -0.342 e. The van der Waals surface area contributed by atoms with Gasteiger partial charge in [0, 0.05) is 61.7 Å². The zero-order chi connectivity index (χ0) is 22.5. The van der Waals surface area contributed by atoms with Crippen molar-refractivity contribution in [1.82, 2.24) is 14.7 Å². The molecule has 1 aromatic carbocycles. The third kappa shape index (κ3) is 5.45. The van der Waals surface area contributed by atoms with Crippen molar-refractivity contribution in [2.24, 2.45) is 11.8 Å². The van der Waals surface area contributed by atoms with Gasteiger partial charge < -0.3 is 14.7 Å². The monoisotopic (exact) mass is 459 g/mol. The summed E-state index contributed by atoms with van der Waals surface area (Å²) in [4.78, 5) is 44.5. The van der Waals surface area contributed by atoms with Gasteiger partial charge in [-0.2, -0.15) is 0 Å². The van der Waals surface area contributed by atoms with Crippen molar-refractivity contribution < 1.29 is 14.4 Å². The second kappa shape index (κ2) is 10.7. The molecule has 32 heavy (non-hydrogen) atoms. The molecule has 3 amide bonds. The van der Waals surface area contributed by atoms with Crippen LogP contribution in [0.15, 0.2) is 24.3 Å². The van der Waals surface area contributed by atoms with Gasteiger partial charge >= 0.3 is 0 Å². The van der Waals surface area contributed by atoms with Crippen LogP contribution >= 0.6 is 11.6 Å². The Hall–Kier alpha value is -2.08. The molecule has 3 aliphatic rings. The van der Waals surface area contributed by atoms with Gasteiger partial charge in [0.05, 0.1) is 0 Å². The standard InChI is InChI=1S/C25H34ClN3O3/c26-22-7-5-19(6-8-22)23(30)28-15-11-21(12-16-28)25(32)29-17-9-20(10-18-29)24(31)27-13-3-1-2-4-14-27/h5-8,20-21H,1-4,9-18H2. The molecular formula is C25H34ClN3O3. The summed E-state index contributed by atoms with van der Waals surface area (Å²) in [5.74, 6) is 0.538. The van der Waals surface area contributed by atoms with E-state index >= 15 is 0 Å². The highest BCUT2D eigenvalue weighted by Crippen LogP contribution is 2.26. The number of piperidine rings is 2. The fourth-order valence-corrected chi connectivity index (χ4v) is 5.38. The van der Waals surface area contributed by atoms with Crippen LogP contribution in [0.5, 0.6) is 0 Å². The normalized spacial score (nSPS) is 21.3. The summed E-state index contributed by atoms with van der Waals surface area (Å²) < 4.78 is 0. The summed E-state index contributed by atoms with van der Waals surface area (Å²) in [6, 6.07) is 6.95. The molecular weight excluding hydrogens is 426 g/mol. The zero-order valence-electron chi connectivity index (χ0n) is 18.8. The predicted molar refractivity (Wildman–Crippen MR) is 124 cm³/mol. The summed E-state index contributed by atoms with van der Waals surface area (Å²) >= 11 is 5.91. The van der Waals surface area contributed by atoms with Crippen LogP contribution in [0.3, 0.4) is 0 Å². The SMILES string of the molecule is O=C(c1ccc(Cl)cc1)N1CCC(C(=O)N2CCC(C(=O)N3CCCCCC3)CC2)CC1. The maximum Gasteiger partial charge on any atom is 0.253 e. The highest BCUT2D eigenvalue weighted by molar-refractivity contribution is 6.30. The van der Waals surface area contributed by atoms with Crippen LogP contribution in [0.1, 0.15) is 61.7 Å². The number of hydrogen-bond acceptors (Lipinski definition) is 3. The van der Waals surface area contributed by atoms with Crippen molar-refractivity contribution in [2.45, 2.75) is 51.4 Å². The lowest BCUT2D eigenvalue weighted by Gasteiger charge is -2.38. The van der Waals surface area contributed by atoms with Crippen molar-refractivity contribution in [3.63, 3.8) is 0 Å². The molecule has 0 bridgehead atoms. The van der Waals surface area contributed by atoms with Crippen molar-refractivity contribution >= 4 is 29.3 Å². The molecule has 0 aromatic heterocycles. The minimum atomic E-state index is -0.0258. The molecule has 3 heterocycles. The molecule has 0 radical (unpaired) electrons. The van der Waals surface area contributed by atoms with E-state index in [-0.39, 0.29) is 23.7 Å². The largest absolute Gasteiger partial charge is 0.342 e. The number of amides is 3. The first-order valence-corrected chi connectivity index (χ1v) is 12.5. The summed E-state index contributed by atoms with van der Waals surface area (Å²) in [6.07, 6.45) is 7.62. The Morgan fingerprint density at radius 3 is 1.56 bits per heavy atom. The van der Waals surface area contributed by atoms with Gasteiger partial charge in [-0.3, -0.25) is 14.4 Å². The fourth-order valence-electron chi connectivity index (χ4n) is 5.26. The Bertz CT molecular complexity index is 804. The molecule has 3 aliphatic heterocycles. The molecule has 1 aromatic rings. The van der Waals surface area contributed by atoms with Crippen molar-refractivity contribution in [1.29, 1.82) is 0 Å². The Balaban J connectivity index is 1.23. The predicted octanol–water partition coefficient (Wildman–Crippen LogP) is 3.83. The van der Waals surface area contributed by atoms with Crippen molar-refractivity contribution in [3.05, 3.63) is 34.9 Å². The maximum atomic E-state index is 13.1. The number of carbonyl (C=O) groups is 3. The summed E-state index contributed by atoms with van der Waals surface area (Å²) in [5, 5.41) is 0.614. The number of carbonyl (C=O) groups excluding carboxylic acids is 3. The lowest BCUT2D eigenvalue weighted by Crippen LogP contribution is -2.48. The van der Waals surface area contributed by atoms with E-state index in [0.717, 1.165) is 38.8 Å². The van der Waals surface area contributed by atoms with E-state index in [1.54, 1.807) is 24.3 Å². The van der Waals surface area contributed by atoms with Crippen molar-refractivity contribution in [2.75, 3.05) is 39.3 Å². The molecule has 3 fully saturated rings. The summed E-state index contributed by atoms with van der Waals surface area (Å²) in [6.45, 7) is 4.33. The first-order valence-electron chi connectivity index (χ1n) is 12.2. The van der Waals surface area contributed by atoms with E-state index in [1.807, 2.05) is 9.80 Å². The van der Waals surface area contributed by atoms with Gasteiger partial charge in [0.2, 0.25) is 11.8 Å². The van der Waals surface area contributed by atoms with E-state index < -0.39 is 0 Å². The number of halogens is 1. The third-order valence-electron chi connectivity index (χ3n) is 7.30. The van der Waals surface area contributed by atoms with Gasteiger partial charge in [-0.1, -0.05) is 24.4 Å². The number of likely N-dealkylation sites (tertiary alicyclic amines) is 3. The Kier molecular flexibility index (Phi) is 7.71. The smallest absolute Gasteiger partial charge is 0.253 e. The molecule has 0 unspecified atom stereocenters. The third-order valence-corrected chi connectivity index (χ3v) is 7.55. The van der Waals surface area contributed by atoms with Gasteiger partial charge in [-0.25, -0.2) is 0 Å². The Morgan fingerprint density at radius 2 is 1.06 bits per heavy atom. The van der Waals surface area contributed by atoms with Gasteiger partial charge in [0.1, 0.15) is 0 Å². The van der Waals surface area contributed by atoms with Gasteiger partial charge in [-0.05, 0) is 62.8 Å². The molecule has 0 N–H and O–H groups in total. The van der Waals surface area contributed by atoms with Crippen LogP contribution in [0.4, 0.5) is 0 Å². The first kappa shape index (κ1) is 23.1. The van der Waals surface area contributed by atoms with Crippen LogP contribution in [-0.2, 0) is 9.59 Å². The molecule has 174 valence electrons. The number of rotatable bonds is 3. The maximum absolute atomic E-state index is 13.1. The Labute approximate surface area is 195 Å². The molecule has 7 heteroatoms. The quantitative estimate of drug-likeness (QED) is 0.690. The lowest BCUT2D eigenvalue weighted by atomic mass is 9.91. The topological polar surface area (TPSA) is 60.9 Å². The first-order chi connectivity index (χ1) is 15.5. The van der Waals surface area contributed by atoms with Gasteiger partial charge in [0.25, 0.3) is 5.91 Å². The van der Waals surface area contributed by atoms with Crippen molar-refractivity contribution in [3.8, 4) is 0 Å². The van der Waals surface area contributed by atoms with Crippen LogP contribution in [0.2, 0.25) is 5.02 Å². The molecule has 0 saturated carbocycles. The van der Waals surface area contributed by atoms with Gasteiger partial charge in [-0.15, -0.1) is 0 Å². The Morgan fingerprint density at radius 1 is 0.625 bits per heavy atom. The second-order valence-corrected chi connectivity index (χ2v) is 9.85. The minimum absolute atomic E-state index is 0.000375. The van der Waals surface area contributed by atoms with E-state index in [9.17, 15) is 14.4 Å². The van der Waals surface area contributed by atoms with E-state index in [1.165, 1.54) is 12.8 Å². The highest BCUT2D eigenvalue weighted by atomic mass is 35.5. The van der Waals surface area contributed by atoms with Crippen LogP contribution in [0.25, 0.3) is 0 Å². The van der Waals surface area contributed by atoms with E-state index in [4.69, 9.17) is 11.6 Å². The number of benzene rings is 1. The molecule has 0 aliphatic carbocycles. The van der Waals surface area contributed by atoms with E-state index in [0.29, 0.717) is 55.5 Å². The van der Waals surface area contributed by atoms with Crippen LogP contribution in [0, 0.1) is 11.8 Å². The molecule has 4 rings (SSSR count). The summed E-state index contributed by atoms with van der Waals surface area (Å²) in [7, 11) is 0. The van der Waals surface area contributed by atoms with Crippen LogP contribution < -0.4 is 0 Å². The number of hydrogen-bond donors (Lipinski definition) is 0. The zero-order valence-corrected chi connectivity index (χ0v) is 19.6. The van der Waals surface area contributed by atoms with Gasteiger partial charge in [0.15, 0.2) is 0 Å². The van der Waals surface area contributed by atoms with Crippen LogP contribution in [-0.4, -0.2) is 71.7 Å². The fraction of sp³-hybridized carbons (Fsp3) is 0.640. The molecule has 0 spiro atoms. The lowest BCUT2D eigenvalue weighted by molar-refractivity contribution is -0.143. The molecule has 0 atom stereocenters.